The summed E-state index contributed by atoms with van der Waals surface area (Å²) in [6.45, 7) is 0. The van der Waals surface area contributed by atoms with Crippen molar-refractivity contribution < 1.29 is 84.9 Å². The number of phenols is 2. The number of rotatable bonds is 16. The summed E-state index contributed by atoms with van der Waals surface area (Å²) in [6, 6.07) is 18.7. The molecule has 0 aliphatic heterocycles. The third kappa shape index (κ3) is 12.0. The molecule has 8 aromatic rings. The van der Waals surface area contributed by atoms with Crippen LogP contribution in [0.4, 0.5) is 57.4 Å². The maximum Gasteiger partial charge on any atom is 0.320 e. The molecule has 8 rings (SSSR count). The number of hydrogen-bond acceptors (Lipinski definition) is 24. The van der Waals surface area contributed by atoms with Crippen LogP contribution in [0.15, 0.2) is 154 Å². The first kappa shape index (κ1) is 53.7. The zero-order valence-electron chi connectivity index (χ0n) is 37.6. The molecule has 0 aliphatic carbocycles. The lowest BCUT2D eigenvalue weighted by Gasteiger charge is -2.14. The molecule has 0 bridgehead atoms. The van der Waals surface area contributed by atoms with Crippen LogP contribution >= 0.6 is 0 Å². The molecular weight excluding hydrogens is 1110 g/mol. The van der Waals surface area contributed by atoms with Gasteiger partial charge in [-0.05, 0) is 95.7 Å². The van der Waals surface area contributed by atoms with E-state index in [1.807, 2.05) is 0 Å². The Morgan fingerprint density at radius 3 is 1.67 bits per heavy atom. The van der Waals surface area contributed by atoms with Gasteiger partial charge in [0.2, 0.25) is 11.9 Å². The van der Waals surface area contributed by atoms with Crippen LogP contribution in [0.5, 0.6) is 23.3 Å². The molecule has 0 unspecified atom stereocenters. The van der Waals surface area contributed by atoms with Crippen LogP contribution < -0.4 is 20.7 Å². The minimum atomic E-state index is -5.20. The van der Waals surface area contributed by atoms with Gasteiger partial charge in [-0.2, -0.15) is 57.0 Å². The number of benzene rings is 7. The molecule has 0 spiro atoms. The van der Waals surface area contributed by atoms with Crippen molar-refractivity contribution in [2.24, 2.45) is 20.5 Å². The van der Waals surface area contributed by atoms with Crippen molar-refractivity contribution >= 4 is 130 Å². The van der Waals surface area contributed by atoms with Crippen LogP contribution in [0.25, 0.3) is 21.5 Å². The standard InChI is InChI=1S/C42H32N10O19S5/c1-71-35-19-31(49-51-33-16-27(74(62,63)64)11-21-12-28(75(65,66)67)17-34(53)37(21)33)30(45-41-46-40(47-42(55)48-41)44-22-7-9-25(10-8-22)72(56,57)58)18-32(35)50-52-38-36(76(68,69)70)13-20-5-6-24(15-29(20)39(38)54)43-23-3-2-4-26(14-23)73(59,60)61/h2-19,43,53-54H,1H3,(H,56,57,58)(H,59,60,61)(H,62,63,64)(H,65,66,67)(H,68,69,70)(H3,44,45,46,47,48,55). The van der Waals surface area contributed by atoms with E-state index in [0.717, 1.165) is 67.8 Å². The van der Waals surface area contributed by atoms with Crippen LogP contribution in [0.3, 0.4) is 0 Å². The van der Waals surface area contributed by atoms with Gasteiger partial charge >= 0.3 is 6.01 Å². The summed E-state index contributed by atoms with van der Waals surface area (Å²) in [5.74, 6) is -2.87. The van der Waals surface area contributed by atoms with E-state index < -0.39 is 110 Å². The van der Waals surface area contributed by atoms with Gasteiger partial charge in [0.05, 0.1) is 43.5 Å². The number of fused-ring (bicyclic) bond motifs is 2. The SMILES string of the molecule is COc1cc(N=Nc2cc(S(=O)(=O)O)cc3cc(S(=O)(=O)O)cc(O)c23)c(Nc2nc(O)nc(Nc3ccc(S(=O)(=O)O)cc3)n2)cc1N=Nc1c(S(=O)(=O)O)cc2ccc(Nc3cccc(S(=O)(=O)O)c3)cc2c1O. The number of aromatic nitrogens is 3. The number of phenolic OH excluding ortho intramolecular Hbond substituents is 2. The summed E-state index contributed by atoms with van der Waals surface area (Å²) < 4.78 is 175. The van der Waals surface area contributed by atoms with Crippen LogP contribution in [0.2, 0.25) is 0 Å². The second-order valence-electron chi connectivity index (χ2n) is 15.5. The lowest BCUT2D eigenvalue weighted by Crippen LogP contribution is -2.04. The van der Waals surface area contributed by atoms with E-state index in [-0.39, 0.29) is 67.4 Å². The first-order valence-corrected chi connectivity index (χ1v) is 27.6. The third-order valence-corrected chi connectivity index (χ3v) is 14.6. The van der Waals surface area contributed by atoms with E-state index in [1.165, 1.54) is 42.5 Å². The van der Waals surface area contributed by atoms with Crippen LogP contribution in [0, 0.1) is 0 Å². The molecule has 76 heavy (non-hydrogen) atoms. The molecule has 0 atom stereocenters. The van der Waals surface area contributed by atoms with Crippen molar-refractivity contribution in [2.45, 2.75) is 24.5 Å². The fraction of sp³-hybridized carbons (Fsp3) is 0.0238. The summed E-state index contributed by atoms with van der Waals surface area (Å²) in [6.07, 6.45) is 0. The smallest absolute Gasteiger partial charge is 0.320 e. The van der Waals surface area contributed by atoms with E-state index in [2.05, 4.69) is 51.4 Å². The summed E-state index contributed by atoms with van der Waals surface area (Å²) >= 11 is 0. The molecule has 0 amide bonds. The Morgan fingerprint density at radius 2 is 1.05 bits per heavy atom. The van der Waals surface area contributed by atoms with E-state index in [9.17, 15) is 80.2 Å². The van der Waals surface area contributed by atoms with Crippen molar-refractivity contribution in [3.63, 3.8) is 0 Å². The first-order chi connectivity index (χ1) is 35.4. The van der Waals surface area contributed by atoms with Gasteiger partial charge in [0.15, 0.2) is 5.75 Å². The normalized spacial score (nSPS) is 12.7. The molecule has 0 aliphatic rings. The number of anilines is 6. The quantitative estimate of drug-likeness (QED) is 0.0327. The largest absolute Gasteiger partial charge is 0.507 e. The molecule has 394 valence electrons. The molecule has 11 N–H and O–H groups in total. The number of ether oxygens (including phenoxy) is 1. The maximum atomic E-state index is 12.8. The first-order valence-electron chi connectivity index (χ1n) is 20.4. The Morgan fingerprint density at radius 1 is 0.474 bits per heavy atom. The van der Waals surface area contributed by atoms with E-state index in [0.29, 0.717) is 6.07 Å². The summed E-state index contributed by atoms with van der Waals surface area (Å²) in [4.78, 5) is 8.19. The molecule has 34 heteroatoms. The van der Waals surface area contributed by atoms with Crippen molar-refractivity contribution in [1.29, 1.82) is 0 Å². The topological polar surface area (TPSA) is 466 Å². The van der Waals surface area contributed by atoms with E-state index in [1.54, 1.807) is 0 Å². The monoisotopic (exact) mass is 1140 g/mol. The van der Waals surface area contributed by atoms with Gasteiger partial charge in [-0.3, -0.25) is 22.8 Å². The van der Waals surface area contributed by atoms with Crippen molar-refractivity contribution in [3.05, 3.63) is 109 Å². The second-order valence-corrected chi connectivity index (χ2v) is 22.6. The Kier molecular flexibility index (Phi) is 14.1. The third-order valence-electron chi connectivity index (χ3n) is 10.4. The number of hydrogen-bond donors (Lipinski definition) is 11. The minimum absolute atomic E-state index is 0.0479. The Bertz CT molecular complexity index is 4370. The van der Waals surface area contributed by atoms with Gasteiger partial charge in [0.25, 0.3) is 50.6 Å². The molecule has 0 saturated heterocycles. The highest BCUT2D eigenvalue weighted by atomic mass is 32.2. The number of nitrogens with zero attached hydrogens (tertiary/aromatic N) is 7. The Labute approximate surface area is 427 Å². The fourth-order valence-electron chi connectivity index (χ4n) is 7.04. The van der Waals surface area contributed by atoms with Gasteiger partial charge < -0.3 is 36.0 Å². The maximum absolute atomic E-state index is 12.8. The lowest BCUT2D eigenvalue weighted by atomic mass is 10.1. The predicted octanol–water partition coefficient (Wildman–Crippen LogP) is 7.60. The van der Waals surface area contributed by atoms with Crippen LogP contribution in [-0.4, -0.2) is 102 Å². The van der Waals surface area contributed by atoms with Gasteiger partial charge in [0.1, 0.15) is 33.5 Å². The molecule has 0 saturated carbocycles. The summed E-state index contributed by atoms with van der Waals surface area (Å²) in [7, 11) is -23.3. The number of aromatic hydroxyl groups is 3. The molecule has 7 aromatic carbocycles. The van der Waals surface area contributed by atoms with Gasteiger partial charge in [-0.15, -0.1) is 20.5 Å². The molecule has 29 nitrogen and oxygen atoms in total. The highest BCUT2D eigenvalue weighted by Crippen LogP contribution is 2.46. The number of azo groups is 2. The number of methoxy groups -OCH3 is 1. The predicted molar refractivity (Wildman–Crippen MR) is 266 cm³/mol. The van der Waals surface area contributed by atoms with E-state index >= 15 is 0 Å². The lowest BCUT2D eigenvalue weighted by molar-refractivity contribution is 0.416. The molecule has 0 radical (unpaired) electrons. The average molecular weight is 1140 g/mol. The van der Waals surface area contributed by atoms with Gasteiger partial charge in [-0.25, -0.2) is 0 Å². The number of nitrogens with one attached hydrogen (secondary N) is 3. The van der Waals surface area contributed by atoms with Crippen LogP contribution in [0.1, 0.15) is 0 Å². The highest BCUT2D eigenvalue weighted by Gasteiger charge is 2.25. The van der Waals surface area contributed by atoms with Crippen molar-refractivity contribution in [3.8, 4) is 23.3 Å². The zero-order valence-corrected chi connectivity index (χ0v) is 41.7. The molecule has 1 heterocycles. The molecule has 1 aromatic heterocycles. The fourth-order valence-corrected chi connectivity index (χ4v) is 9.77. The summed E-state index contributed by atoms with van der Waals surface area (Å²) in [5.41, 5.74) is -1.81. The van der Waals surface area contributed by atoms with E-state index in [4.69, 9.17) is 4.74 Å². The van der Waals surface area contributed by atoms with Gasteiger partial charge in [0, 0.05) is 34.6 Å². The average Bonchev–Trinajstić information content (AvgIpc) is 3.34. The van der Waals surface area contributed by atoms with Crippen molar-refractivity contribution in [1.82, 2.24) is 15.0 Å². The minimum Gasteiger partial charge on any atom is -0.507 e. The molecular formula is C42H32N10O19S5. The molecule has 0 fully saturated rings. The van der Waals surface area contributed by atoms with Crippen LogP contribution in [-0.2, 0) is 50.6 Å². The second kappa shape index (κ2) is 19.9. The zero-order chi connectivity index (χ0) is 55.3. The Hall–Kier alpha value is -8.58. The Balaban J connectivity index is 1.27. The summed E-state index contributed by atoms with van der Waals surface area (Å²) in [5, 5.41) is 56.9. The highest BCUT2D eigenvalue weighted by molar-refractivity contribution is 7.87. The van der Waals surface area contributed by atoms with Crippen molar-refractivity contribution in [2.75, 3.05) is 23.1 Å². The van der Waals surface area contributed by atoms with Gasteiger partial charge in [-0.1, -0.05) is 12.1 Å².